The predicted octanol–water partition coefficient (Wildman–Crippen LogP) is 5.18. The first-order valence-corrected chi connectivity index (χ1v) is 9.10. The molecule has 3 aromatic rings. The Balaban J connectivity index is 1.73. The predicted molar refractivity (Wildman–Crippen MR) is 102 cm³/mol. The number of hydrogen-bond donors (Lipinski definition) is 0. The topological polar surface area (TPSA) is 8.17 Å². The summed E-state index contributed by atoms with van der Waals surface area (Å²) in [7, 11) is 2.19. The Kier molecular flexibility index (Phi) is 4.29. The first-order chi connectivity index (χ1) is 11.6. The molecule has 1 aromatic heterocycles. The number of hydrogen-bond acceptors (Lipinski definition) is 1. The van der Waals surface area contributed by atoms with Crippen LogP contribution in [-0.2, 0) is 25.9 Å². The molecular weight excluding hydrogens is 339 g/mol. The van der Waals surface area contributed by atoms with Crippen molar-refractivity contribution in [2.75, 3.05) is 13.6 Å². The number of nitrogens with zero attached hydrogens (tertiary/aromatic N) is 2. The van der Waals surface area contributed by atoms with Crippen molar-refractivity contribution >= 4 is 34.1 Å². The Labute approximate surface area is 152 Å². The van der Waals surface area contributed by atoms with Crippen LogP contribution in [0.5, 0.6) is 0 Å². The summed E-state index contributed by atoms with van der Waals surface area (Å²) in [4.78, 5) is 2.39. The van der Waals surface area contributed by atoms with Gasteiger partial charge in [0.25, 0.3) is 0 Å². The van der Waals surface area contributed by atoms with Gasteiger partial charge in [-0.05, 0) is 48.9 Å². The summed E-state index contributed by atoms with van der Waals surface area (Å²) in [5.41, 5.74) is 5.51. The summed E-state index contributed by atoms with van der Waals surface area (Å²) >= 11 is 12.3. The molecule has 0 radical (unpaired) electrons. The first kappa shape index (κ1) is 16.0. The van der Waals surface area contributed by atoms with Crippen molar-refractivity contribution in [3.8, 4) is 0 Å². The van der Waals surface area contributed by atoms with Gasteiger partial charge in [-0.2, -0.15) is 0 Å². The molecule has 0 amide bonds. The van der Waals surface area contributed by atoms with E-state index in [0.717, 1.165) is 42.5 Å². The fraction of sp³-hybridized carbons (Fsp3) is 0.300. The average molecular weight is 359 g/mol. The molecule has 0 fully saturated rings. The van der Waals surface area contributed by atoms with Crippen LogP contribution < -0.4 is 0 Å². The molecule has 4 heteroatoms. The van der Waals surface area contributed by atoms with Crippen molar-refractivity contribution in [1.82, 2.24) is 9.47 Å². The minimum absolute atomic E-state index is 0.789. The SMILES string of the molecule is CN1CCc2c(c3ccc(Cl)cc3n2CCc2ccc(Cl)cc2)C1. The van der Waals surface area contributed by atoms with Gasteiger partial charge in [-0.1, -0.05) is 41.4 Å². The average Bonchev–Trinajstić information content (AvgIpc) is 2.86. The van der Waals surface area contributed by atoms with Crippen LogP contribution in [-0.4, -0.2) is 23.1 Å². The van der Waals surface area contributed by atoms with E-state index < -0.39 is 0 Å². The normalized spacial score (nSPS) is 15.0. The molecule has 0 spiro atoms. The van der Waals surface area contributed by atoms with E-state index in [1.807, 2.05) is 18.2 Å². The molecule has 2 heterocycles. The maximum Gasteiger partial charge on any atom is 0.0500 e. The summed E-state index contributed by atoms with van der Waals surface area (Å²) in [6.45, 7) is 3.09. The molecule has 24 heavy (non-hydrogen) atoms. The minimum Gasteiger partial charge on any atom is -0.344 e. The van der Waals surface area contributed by atoms with Gasteiger partial charge in [-0.3, -0.25) is 0 Å². The number of aromatic nitrogens is 1. The molecule has 0 saturated heterocycles. The van der Waals surface area contributed by atoms with Crippen molar-refractivity contribution in [3.05, 3.63) is 69.3 Å². The number of likely N-dealkylation sites (N-methyl/N-ethyl adjacent to an activating group) is 1. The third-order valence-electron chi connectivity index (χ3n) is 4.95. The summed E-state index contributed by atoms with van der Waals surface area (Å²) in [5, 5.41) is 2.94. The second-order valence-electron chi connectivity index (χ2n) is 6.60. The fourth-order valence-electron chi connectivity index (χ4n) is 3.70. The molecule has 0 N–H and O–H groups in total. The lowest BCUT2D eigenvalue weighted by atomic mass is 10.1. The second-order valence-corrected chi connectivity index (χ2v) is 7.48. The zero-order valence-electron chi connectivity index (χ0n) is 13.7. The molecule has 2 aromatic carbocycles. The summed E-state index contributed by atoms with van der Waals surface area (Å²) in [6.07, 6.45) is 2.09. The Morgan fingerprint density at radius 3 is 2.54 bits per heavy atom. The van der Waals surface area contributed by atoms with Crippen molar-refractivity contribution < 1.29 is 0 Å². The van der Waals surface area contributed by atoms with Gasteiger partial charge < -0.3 is 9.47 Å². The van der Waals surface area contributed by atoms with Crippen molar-refractivity contribution in [3.63, 3.8) is 0 Å². The zero-order chi connectivity index (χ0) is 16.7. The lowest BCUT2D eigenvalue weighted by Gasteiger charge is -2.24. The smallest absolute Gasteiger partial charge is 0.0500 e. The Bertz CT molecular complexity index is 881. The van der Waals surface area contributed by atoms with E-state index in [0.29, 0.717) is 0 Å². The molecule has 1 aliphatic rings. The molecule has 124 valence electrons. The van der Waals surface area contributed by atoms with Gasteiger partial charge in [0.1, 0.15) is 0 Å². The minimum atomic E-state index is 0.789. The Morgan fingerprint density at radius 2 is 1.75 bits per heavy atom. The maximum atomic E-state index is 6.28. The van der Waals surface area contributed by atoms with Crippen molar-refractivity contribution in [1.29, 1.82) is 0 Å². The number of fused-ring (bicyclic) bond motifs is 3. The quantitative estimate of drug-likeness (QED) is 0.626. The van der Waals surface area contributed by atoms with Crippen molar-refractivity contribution in [2.45, 2.75) is 25.9 Å². The molecular formula is C20H20Cl2N2. The van der Waals surface area contributed by atoms with Gasteiger partial charge in [0.05, 0.1) is 5.52 Å². The van der Waals surface area contributed by atoms with Crippen LogP contribution in [0.4, 0.5) is 0 Å². The molecule has 0 unspecified atom stereocenters. The van der Waals surface area contributed by atoms with E-state index in [2.05, 4.69) is 40.8 Å². The first-order valence-electron chi connectivity index (χ1n) is 8.34. The van der Waals surface area contributed by atoms with Crippen LogP contribution in [0.15, 0.2) is 42.5 Å². The van der Waals surface area contributed by atoms with E-state index in [4.69, 9.17) is 23.2 Å². The molecule has 0 saturated carbocycles. The molecule has 2 nitrogen and oxygen atoms in total. The van der Waals surface area contributed by atoms with Gasteiger partial charge in [0.15, 0.2) is 0 Å². The summed E-state index contributed by atoms with van der Waals surface area (Å²) in [5.74, 6) is 0. The van der Waals surface area contributed by atoms with Gasteiger partial charge >= 0.3 is 0 Å². The highest BCUT2D eigenvalue weighted by atomic mass is 35.5. The Morgan fingerprint density at radius 1 is 1.00 bits per heavy atom. The second kappa shape index (κ2) is 6.44. The molecule has 1 aliphatic heterocycles. The van der Waals surface area contributed by atoms with E-state index >= 15 is 0 Å². The highest BCUT2D eigenvalue weighted by molar-refractivity contribution is 6.31. The van der Waals surface area contributed by atoms with E-state index in [-0.39, 0.29) is 0 Å². The monoisotopic (exact) mass is 358 g/mol. The van der Waals surface area contributed by atoms with Crippen LogP contribution in [0.25, 0.3) is 10.9 Å². The summed E-state index contributed by atoms with van der Waals surface area (Å²) < 4.78 is 2.47. The lowest BCUT2D eigenvalue weighted by molar-refractivity contribution is 0.309. The third kappa shape index (κ3) is 2.95. The zero-order valence-corrected chi connectivity index (χ0v) is 15.2. The molecule has 0 aliphatic carbocycles. The van der Waals surface area contributed by atoms with Gasteiger partial charge in [0, 0.05) is 47.2 Å². The van der Waals surface area contributed by atoms with E-state index in [1.165, 1.54) is 27.7 Å². The van der Waals surface area contributed by atoms with Crippen LogP contribution >= 0.6 is 23.2 Å². The van der Waals surface area contributed by atoms with Crippen LogP contribution in [0.3, 0.4) is 0 Å². The maximum absolute atomic E-state index is 6.28. The van der Waals surface area contributed by atoms with Gasteiger partial charge in [-0.25, -0.2) is 0 Å². The van der Waals surface area contributed by atoms with E-state index in [1.54, 1.807) is 0 Å². The number of halogens is 2. The Hall–Kier alpha value is -1.48. The molecule has 4 rings (SSSR count). The highest BCUT2D eigenvalue weighted by Gasteiger charge is 2.22. The highest BCUT2D eigenvalue weighted by Crippen LogP contribution is 2.32. The molecule has 0 atom stereocenters. The number of aryl methyl sites for hydroxylation is 2. The van der Waals surface area contributed by atoms with Crippen LogP contribution in [0.2, 0.25) is 10.0 Å². The third-order valence-corrected chi connectivity index (χ3v) is 5.43. The fourth-order valence-corrected chi connectivity index (χ4v) is 3.99. The van der Waals surface area contributed by atoms with Crippen molar-refractivity contribution in [2.24, 2.45) is 0 Å². The summed E-state index contributed by atoms with van der Waals surface area (Å²) in [6, 6.07) is 14.4. The van der Waals surface area contributed by atoms with Crippen LogP contribution in [0, 0.1) is 0 Å². The molecule has 0 bridgehead atoms. The number of benzene rings is 2. The van der Waals surface area contributed by atoms with Crippen LogP contribution in [0.1, 0.15) is 16.8 Å². The van der Waals surface area contributed by atoms with Gasteiger partial charge in [-0.15, -0.1) is 0 Å². The largest absolute Gasteiger partial charge is 0.344 e. The lowest BCUT2D eigenvalue weighted by Crippen LogP contribution is -2.27. The van der Waals surface area contributed by atoms with E-state index in [9.17, 15) is 0 Å². The van der Waals surface area contributed by atoms with Gasteiger partial charge in [0.2, 0.25) is 0 Å². The standard InChI is InChI=1S/C20H20Cl2N2/c1-23-10-9-19-18(13-23)17-7-6-16(22)12-20(17)24(19)11-8-14-2-4-15(21)5-3-14/h2-7,12H,8-11,13H2,1H3. The number of rotatable bonds is 3.